The number of hydrogen-bond donors (Lipinski definition) is 1. The Morgan fingerprint density at radius 2 is 1.73 bits per heavy atom. The second kappa shape index (κ2) is 9.41. The van der Waals surface area contributed by atoms with E-state index in [1.807, 2.05) is 65.6 Å². The largest absolute Gasteiger partial charge is 0.497 e. The fraction of sp³-hybridized carbons (Fsp3) is 0.250. The number of rotatable bonds is 6. The van der Waals surface area contributed by atoms with Crippen molar-refractivity contribution in [2.45, 2.75) is 25.4 Å². The number of methoxy groups -OCH3 is 1. The number of aromatic amines is 1. The van der Waals surface area contributed by atoms with E-state index >= 15 is 0 Å². The van der Waals surface area contributed by atoms with Crippen LogP contribution in [0.1, 0.15) is 40.2 Å². The highest BCUT2D eigenvalue weighted by atomic mass is 16.5. The van der Waals surface area contributed by atoms with Gasteiger partial charge in [0.2, 0.25) is 0 Å². The monoisotopic (exact) mass is 440 g/mol. The molecule has 1 saturated heterocycles. The number of fused-ring (bicyclic) bond motifs is 1. The molecule has 33 heavy (non-hydrogen) atoms. The van der Waals surface area contributed by atoms with Crippen molar-refractivity contribution in [2.24, 2.45) is 0 Å². The maximum absolute atomic E-state index is 13.1. The van der Waals surface area contributed by atoms with Crippen LogP contribution in [0.25, 0.3) is 10.9 Å². The molecular formula is C28H28N2O3. The number of carbonyl (C=O) groups is 1. The lowest BCUT2D eigenvalue weighted by Gasteiger charge is -2.32. The Balaban J connectivity index is 1.19. The molecule has 5 heteroatoms. The first-order valence-electron chi connectivity index (χ1n) is 11.4. The smallest absolute Gasteiger partial charge is 0.253 e. The molecule has 0 atom stereocenters. The summed E-state index contributed by atoms with van der Waals surface area (Å²) in [4.78, 5) is 18.4. The van der Waals surface area contributed by atoms with E-state index in [1.54, 1.807) is 7.11 Å². The number of H-pyrrole nitrogens is 1. The highest BCUT2D eigenvalue weighted by Crippen LogP contribution is 2.35. The Morgan fingerprint density at radius 3 is 2.45 bits per heavy atom. The van der Waals surface area contributed by atoms with Gasteiger partial charge in [-0.05, 0) is 72.4 Å². The molecule has 1 aliphatic heterocycles. The van der Waals surface area contributed by atoms with E-state index in [4.69, 9.17) is 9.47 Å². The standard InChI is InChI=1S/C28H28N2O3/c1-32-24-11-12-27-25(17-24)26(18-29-27)21-13-15-30(16-14-21)28(31)22-9-7-20(8-10-22)19-33-23-5-3-2-4-6-23/h2-12,17-18,21,29H,13-16,19H2,1H3. The zero-order valence-electron chi connectivity index (χ0n) is 18.8. The zero-order chi connectivity index (χ0) is 22.6. The van der Waals surface area contributed by atoms with Gasteiger partial charge in [0.25, 0.3) is 5.91 Å². The molecule has 1 aromatic heterocycles. The van der Waals surface area contributed by atoms with Crippen molar-refractivity contribution in [1.82, 2.24) is 9.88 Å². The van der Waals surface area contributed by atoms with Gasteiger partial charge in [-0.2, -0.15) is 0 Å². The highest BCUT2D eigenvalue weighted by Gasteiger charge is 2.26. The second-order valence-electron chi connectivity index (χ2n) is 8.52. The van der Waals surface area contributed by atoms with E-state index in [2.05, 4.69) is 23.3 Å². The summed E-state index contributed by atoms with van der Waals surface area (Å²) in [5.74, 6) is 2.25. The summed E-state index contributed by atoms with van der Waals surface area (Å²) in [6.07, 6.45) is 4.03. The molecule has 2 heterocycles. The lowest BCUT2D eigenvalue weighted by atomic mass is 9.89. The Kier molecular flexibility index (Phi) is 6.03. The number of aromatic nitrogens is 1. The molecule has 168 valence electrons. The molecule has 5 rings (SSSR count). The van der Waals surface area contributed by atoms with Crippen LogP contribution in [0.15, 0.2) is 79.0 Å². The molecule has 0 spiro atoms. The predicted molar refractivity (Wildman–Crippen MR) is 130 cm³/mol. The van der Waals surface area contributed by atoms with Crippen molar-refractivity contribution in [2.75, 3.05) is 20.2 Å². The number of likely N-dealkylation sites (tertiary alicyclic amines) is 1. The van der Waals surface area contributed by atoms with Crippen molar-refractivity contribution in [3.63, 3.8) is 0 Å². The van der Waals surface area contributed by atoms with Crippen LogP contribution in [0.4, 0.5) is 0 Å². The maximum atomic E-state index is 13.1. The third-order valence-corrected chi connectivity index (χ3v) is 6.49. The van der Waals surface area contributed by atoms with E-state index in [-0.39, 0.29) is 5.91 Å². The molecular weight excluding hydrogens is 412 g/mol. The summed E-state index contributed by atoms with van der Waals surface area (Å²) in [6.45, 7) is 2.01. The first kappa shape index (κ1) is 21.1. The van der Waals surface area contributed by atoms with Crippen LogP contribution >= 0.6 is 0 Å². The summed E-state index contributed by atoms with van der Waals surface area (Å²) >= 11 is 0. The predicted octanol–water partition coefficient (Wildman–Crippen LogP) is 5.78. The Labute approximate surface area is 193 Å². The van der Waals surface area contributed by atoms with Crippen LogP contribution in [-0.2, 0) is 6.61 Å². The van der Waals surface area contributed by atoms with Crippen molar-refractivity contribution >= 4 is 16.8 Å². The summed E-state index contributed by atoms with van der Waals surface area (Å²) in [5, 5.41) is 1.22. The van der Waals surface area contributed by atoms with Crippen LogP contribution < -0.4 is 9.47 Å². The minimum absolute atomic E-state index is 0.101. The Bertz CT molecular complexity index is 1220. The molecule has 5 nitrogen and oxygen atoms in total. The fourth-order valence-electron chi connectivity index (χ4n) is 4.59. The van der Waals surface area contributed by atoms with E-state index in [1.165, 1.54) is 10.9 Å². The number of hydrogen-bond acceptors (Lipinski definition) is 3. The number of benzene rings is 3. The average molecular weight is 441 g/mol. The van der Waals surface area contributed by atoms with Gasteiger partial charge >= 0.3 is 0 Å². The zero-order valence-corrected chi connectivity index (χ0v) is 18.8. The lowest BCUT2D eigenvalue weighted by molar-refractivity contribution is 0.0713. The first-order chi connectivity index (χ1) is 16.2. The van der Waals surface area contributed by atoms with Gasteiger partial charge in [0.15, 0.2) is 0 Å². The number of para-hydroxylation sites is 1. The first-order valence-corrected chi connectivity index (χ1v) is 11.4. The fourth-order valence-corrected chi connectivity index (χ4v) is 4.59. The Morgan fingerprint density at radius 1 is 0.970 bits per heavy atom. The number of piperidine rings is 1. The average Bonchev–Trinajstić information content (AvgIpc) is 3.31. The third-order valence-electron chi connectivity index (χ3n) is 6.49. The minimum Gasteiger partial charge on any atom is -0.497 e. The van der Waals surface area contributed by atoms with Gasteiger partial charge in [-0.25, -0.2) is 0 Å². The molecule has 0 unspecified atom stereocenters. The molecule has 0 radical (unpaired) electrons. The van der Waals surface area contributed by atoms with Crippen molar-refractivity contribution in [3.8, 4) is 11.5 Å². The highest BCUT2D eigenvalue weighted by molar-refractivity contribution is 5.94. The minimum atomic E-state index is 0.101. The van der Waals surface area contributed by atoms with Gasteiger partial charge in [0, 0.05) is 35.8 Å². The quantitative estimate of drug-likeness (QED) is 0.414. The van der Waals surface area contributed by atoms with E-state index in [0.29, 0.717) is 12.5 Å². The van der Waals surface area contributed by atoms with Gasteiger partial charge in [-0.1, -0.05) is 30.3 Å². The van der Waals surface area contributed by atoms with Crippen LogP contribution in [0.2, 0.25) is 0 Å². The van der Waals surface area contributed by atoms with Gasteiger partial charge in [-0.15, -0.1) is 0 Å². The molecule has 4 aromatic rings. The van der Waals surface area contributed by atoms with Gasteiger partial charge in [-0.3, -0.25) is 4.79 Å². The molecule has 1 aliphatic rings. The third kappa shape index (κ3) is 4.58. The number of nitrogens with zero attached hydrogens (tertiary/aromatic N) is 1. The number of amides is 1. The molecule has 0 bridgehead atoms. The molecule has 3 aromatic carbocycles. The molecule has 0 aliphatic carbocycles. The van der Waals surface area contributed by atoms with Crippen molar-refractivity contribution in [1.29, 1.82) is 0 Å². The molecule has 1 N–H and O–H groups in total. The van der Waals surface area contributed by atoms with E-state index in [0.717, 1.165) is 54.1 Å². The molecule has 1 fully saturated rings. The summed E-state index contributed by atoms with van der Waals surface area (Å²) in [7, 11) is 1.69. The Hall–Kier alpha value is -3.73. The summed E-state index contributed by atoms with van der Waals surface area (Å²) < 4.78 is 11.2. The van der Waals surface area contributed by atoms with Crippen LogP contribution in [-0.4, -0.2) is 36.0 Å². The molecule has 0 saturated carbocycles. The summed E-state index contributed by atoms with van der Waals surface area (Å²) in [5.41, 5.74) is 4.22. The second-order valence-corrected chi connectivity index (χ2v) is 8.52. The number of carbonyl (C=O) groups excluding carboxylic acids is 1. The van der Waals surface area contributed by atoms with Crippen molar-refractivity contribution < 1.29 is 14.3 Å². The van der Waals surface area contributed by atoms with Crippen LogP contribution in [0.5, 0.6) is 11.5 Å². The van der Waals surface area contributed by atoms with Gasteiger partial charge < -0.3 is 19.4 Å². The lowest BCUT2D eigenvalue weighted by Crippen LogP contribution is -2.37. The topological polar surface area (TPSA) is 54.6 Å². The summed E-state index contributed by atoms with van der Waals surface area (Å²) in [6, 6.07) is 23.6. The van der Waals surface area contributed by atoms with Crippen LogP contribution in [0, 0.1) is 0 Å². The number of nitrogens with one attached hydrogen (secondary N) is 1. The number of ether oxygens (including phenoxy) is 2. The normalized spacial score (nSPS) is 14.4. The van der Waals surface area contributed by atoms with E-state index < -0.39 is 0 Å². The van der Waals surface area contributed by atoms with Gasteiger partial charge in [0.05, 0.1) is 7.11 Å². The van der Waals surface area contributed by atoms with E-state index in [9.17, 15) is 4.79 Å². The molecule has 1 amide bonds. The van der Waals surface area contributed by atoms with Crippen LogP contribution in [0.3, 0.4) is 0 Å². The van der Waals surface area contributed by atoms with Gasteiger partial charge in [0.1, 0.15) is 18.1 Å². The SMILES string of the molecule is COc1ccc2[nH]cc(C3CCN(C(=O)c4ccc(COc5ccccc5)cc4)CC3)c2c1. The van der Waals surface area contributed by atoms with Crippen molar-refractivity contribution in [3.05, 3.63) is 95.7 Å². The maximum Gasteiger partial charge on any atom is 0.253 e.